The summed E-state index contributed by atoms with van der Waals surface area (Å²) in [5.74, 6) is -2.85. The van der Waals surface area contributed by atoms with E-state index in [1.54, 1.807) is 42.5 Å². The molecule has 4 rings (SSSR count). The summed E-state index contributed by atoms with van der Waals surface area (Å²) in [6, 6.07) is 13.6. The van der Waals surface area contributed by atoms with Crippen LogP contribution in [-0.2, 0) is 27.2 Å². The number of hydrazone groups is 1. The number of thiophene rings is 1. The Bertz CT molecular complexity index is 1380. The topological polar surface area (TPSA) is 123 Å². The SMILES string of the molecule is COC(=O)c1c(NC(=O)C(=O)N/N=C/c2ccccc2OC(=O)c2cccc(C)c2)sc2c1CCC2. The Hall–Kier alpha value is -4.31. The van der Waals surface area contributed by atoms with Crippen LogP contribution in [0.5, 0.6) is 5.75 Å². The molecule has 1 aliphatic carbocycles. The molecule has 0 aliphatic heterocycles. The Morgan fingerprint density at radius 3 is 2.58 bits per heavy atom. The maximum atomic E-state index is 12.5. The summed E-state index contributed by atoms with van der Waals surface area (Å²) >= 11 is 1.27. The van der Waals surface area contributed by atoms with E-state index in [1.165, 1.54) is 24.7 Å². The predicted molar refractivity (Wildman–Crippen MR) is 135 cm³/mol. The fourth-order valence-corrected chi connectivity index (χ4v) is 5.06. The maximum absolute atomic E-state index is 12.5. The van der Waals surface area contributed by atoms with Crippen molar-refractivity contribution in [2.45, 2.75) is 26.2 Å². The van der Waals surface area contributed by atoms with Crippen molar-refractivity contribution in [3.05, 3.63) is 81.2 Å². The van der Waals surface area contributed by atoms with Crippen molar-refractivity contribution >= 4 is 46.3 Å². The first-order valence-electron chi connectivity index (χ1n) is 11.1. The third-order valence-electron chi connectivity index (χ3n) is 5.49. The molecule has 0 bridgehead atoms. The van der Waals surface area contributed by atoms with Crippen molar-refractivity contribution in [2.24, 2.45) is 5.10 Å². The lowest BCUT2D eigenvalue weighted by atomic mass is 10.1. The summed E-state index contributed by atoms with van der Waals surface area (Å²) in [4.78, 5) is 50.5. The fraction of sp³-hybridized carbons (Fsp3) is 0.192. The van der Waals surface area contributed by atoms with E-state index in [0.717, 1.165) is 35.3 Å². The first kappa shape index (κ1) is 24.8. The summed E-state index contributed by atoms with van der Waals surface area (Å²) in [6.45, 7) is 1.87. The third-order valence-corrected chi connectivity index (χ3v) is 6.70. The standard InChI is InChI=1S/C26H23N3O6S/c1-15-7-5-9-16(13-15)25(32)35-19-11-4-3-8-17(19)14-27-29-23(31)22(30)28-24-21(26(33)34-2)18-10-6-12-20(18)36-24/h3-5,7-9,11,13-14H,6,10,12H2,1-2H3,(H,28,30)(H,29,31)/b27-14+. The summed E-state index contributed by atoms with van der Waals surface area (Å²) in [5.41, 5.74) is 5.04. The molecule has 3 aromatic rings. The smallest absolute Gasteiger partial charge is 0.343 e. The molecule has 0 radical (unpaired) electrons. The second-order valence-electron chi connectivity index (χ2n) is 8.00. The Morgan fingerprint density at radius 2 is 1.81 bits per heavy atom. The number of aryl methyl sites for hydroxylation is 2. The second-order valence-corrected chi connectivity index (χ2v) is 9.11. The fourth-order valence-electron chi connectivity index (χ4n) is 3.79. The van der Waals surface area contributed by atoms with E-state index < -0.39 is 23.8 Å². The van der Waals surface area contributed by atoms with Crippen LogP contribution in [0.4, 0.5) is 5.00 Å². The van der Waals surface area contributed by atoms with Crippen molar-refractivity contribution in [3.8, 4) is 5.75 Å². The molecular formula is C26H23N3O6S. The molecule has 1 aliphatic rings. The molecule has 10 heteroatoms. The predicted octanol–water partition coefficient (Wildman–Crippen LogP) is 3.64. The molecule has 1 heterocycles. The Labute approximate surface area is 211 Å². The number of anilines is 1. The van der Waals surface area contributed by atoms with Gasteiger partial charge in [-0.25, -0.2) is 15.0 Å². The molecule has 1 aromatic heterocycles. The van der Waals surface area contributed by atoms with Gasteiger partial charge in [-0.3, -0.25) is 9.59 Å². The molecule has 2 aromatic carbocycles. The summed E-state index contributed by atoms with van der Waals surface area (Å²) in [6.07, 6.45) is 3.72. The van der Waals surface area contributed by atoms with Gasteiger partial charge in [0.2, 0.25) is 0 Å². The minimum absolute atomic E-state index is 0.238. The largest absolute Gasteiger partial charge is 0.465 e. The molecule has 184 valence electrons. The van der Waals surface area contributed by atoms with Crippen LogP contribution in [0.25, 0.3) is 0 Å². The van der Waals surface area contributed by atoms with Gasteiger partial charge in [-0.05, 0) is 56.0 Å². The number of amides is 2. The molecule has 2 N–H and O–H groups in total. The Balaban J connectivity index is 1.41. The van der Waals surface area contributed by atoms with E-state index in [0.29, 0.717) is 16.7 Å². The molecule has 0 unspecified atom stereocenters. The van der Waals surface area contributed by atoms with Gasteiger partial charge >= 0.3 is 23.8 Å². The number of hydrogen-bond donors (Lipinski definition) is 2. The number of carbonyl (C=O) groups is 4. The molecule has 0 saturated carbocycles. The number of carbonyl (C=O) groups excluding carboxylic acids is 4. The molecule has 0 saturated heterocycles. The summed E-state index contributed by atoms with van der Waals surface area (Å²) in [5, 5.41) is 6.59. The number of ether oxygens (including phenoxy) is 2. The van der Waals surface area contributed by atoms with Crippen LogP contribution in [0, 0.1) is 6.92 Å². The molecule has 0 spiro atoms. The van der Waals surface area contributed by atoms with Crippen LogP contribution >= 0.6 is 11.3 Å². The van der Waals surface area contributed by atoms with Gasteiger partial charge < -0.3 is 14.8 Å². The number of rotatable bonds is 6. The average Bonchev–Trinajstić information content (AvgIpc) is 3.45. The minimum Gasteiger partial charge on any atom is -0.465 e. The van der Waals surface area contributed by atoms with Crippen molar-refractivity contribution in [1.29, 1.82) is 0 Å². The third kappa shape index (κ3) is 5.49. The van der Waals surface area contributed by atoms with E-state index in [-0.39, 0.29) is 10.8 Å². The lowest BCUT2D eigenvalue weighted by Crippen LogP contribution is -2.32. The lowest BCUT2D eigenvalue weighted by Gasteiger charge is -2.08. The first-order chi connectivity index (χ1) is 17.4. The van der Waals surface area contributed by atoms with Gasteiger partial charge in [0.15, 0.2) is 0 Å². The van der Waals surface area contributed by atoms with Crippen LogP contribution in [0.2, 0.25) is 0 Å². The van der Waals surface area contributed by atoms with E-state index in [4.69, 9.17) is 9.47 Å². The zero-order chi connectivity index (χ0) is 25.7. The Morgan fingerprint density at radius 1 is 1.00 bits per heavy atom. The monoisotopic (exact) mass is 505 g/mol. The van der Waals surface area contributed by atoms with Gasteiger partial charge in [-0.1, -0.05) is 29.8 Å². The van der Waals surface area contributed by atoms with E-state index in [2.05, 4.69) is 15.8 Å². The van der Waals surface area contributed by atoms with Gasteiger partial charge in [0.25, 0.3) is 0 Å². The maximum Gasteiger partial charge on any atom is 0.343 e. The summed E-state index contributed by atoms with van der Waals surface area (Å²) < 4.78 is 10.3. The van der Waals surface area contributed by atoms with Gasteiger partial charge in [-0.2, -0.15) is 5.10 Å². The van der Waals surface area contributed by atoms with E-state index in [1.807, 2.05) is 13.0 Å². The van der Waals surface area contributed by atoms with Gasteiger partial charge in [0, 0.05) is 10.4 Å². The second kappa shape index (κ2) is 11.0. The normalized spacial score (nSPS) is 12.2. The van der Waals surface area contributed by atoms with Crippen LogP contribution in [0.3, 0.4) is 0 Å². The zero-order valence-electron chi connectivity index (χ0n) is 19.6. The van der Waals surface area contributed by atoms with E-state index >= 15 is 0 Å². The van der Waals surface area contributed by atoms with Gasteiger partial charge in [0.05, 0.1) is 24.5 Å². The molecule has 0 atom stereocenters. The quantitative estimate of drug-likeness (QED) is 0.173. The van der Waals surface area contributed by atoms with E-state index in [9.17, 15) is 19.2 Å². The Kier molecular flexibility index (Phi) is 7.55. The molecule has 0 fully saturated rings. The molecule has 2 amide bonds. The molecule has 36 heavy (non-hydrogen) atoms. The number of para-hydroxylation sites is 1. The van der Waals surface area contributed by atoms with Gasteiger partial charge in [0.1, 0.15) is 10.8 Å². The van der Waals surface area contributed by atoms with Crippen LogP contribution in [0.15, 0.2) is 53.6 Å². The zero-order valence-corrected chi connectivity index (χ0v) is 20.4. The minimum atomic E-state index is -1.02. The number of fused-ring (bicyclic) bond motifs is 1. The summed E-state index contributed by atoms with van der Waals surface area (Å²) in [7, 11) is 1.27. The van der Waals surface area contributed by atoms with Crippen LogP contribution in [-0.4, -0.2) is 37.1 Å². The highest BCUT2D eigenvalue weighted by Gasteiger charge is 2.29. The number of nitrogens with zero attached hydrogens (tertiary/aromatic N) is 1. The molecule has 9 nitrogen and oxygen atoms in total. The average molecular weight is 506 g/mol. The molecular weight excluding hydrogens is 482 g/mol. The van der Waals surface area contributed by atoms with Crippen molar-refractivity contribution in [1.82, 2.24) is 5.43 Å². The van der Waals surface area contributed by atoms with Crippen molar-refractivity contribution in [2.75, 3.05) is 12.4 Å². The van der Waals surface area contributed by atoms with Gasteiger partial charge in [-0.15, -0.1) is 11.3 Å². The lowest BCUT2D eigenvalue weighted by molar-refractivity contribution is -0.136. The number of esters is 2. The van der Waals surface area contributed by atoms with Crippen molar-refractivity contribution < 1.29 is 28.7 Å². The van der Waals surface area contributed by atoms with Crippen LogP contribution < -0.4 is 15.5 Å². The van der Waals surface area contributed by atoms with Crippen LogP contribution in [0.1, 0.15) is 48.7 Å². The first-order valence-corrected chi connectivity index (χ1v) is 11.9. The highest BCUT2D eigenvalue weighted by Crippen LogP contribution is 2.39. The van der Waals surface area contributed by atoms with Crippen molar-refractivity contribution in [3.63, 3.8) is 0 Å². The number of nitrogens with one attached hydrogen (secondary N) is 2. The highest BCUT2D eigenvalue weighted by atomic mass is 32.1. The number of methoxy groups -OCH3 is 1. The highest BCUT2D eigenvalue weighted by molar-refractivity contribution is 7.17. The number of benzene rings is 2. The number of hydrogen-bond acceptors (Lipinski definition) is 8.